The highest BCUT2D eigenvalue weighted by atomic mass is 15.2. The van der Waals surface area contributed by atoms with Crippen LogP contribution in [0.4, 0.5) is 5.69 Å². The number of pyridine rings is 1. The lowest BCUT2D eigenvalue weighted by atomic mass is 10.3. The van der Waals surface area contributed by atoms with E-state index >= 15 is 0 Å². The van der Waals surface area contributed by atoms with Crippen LogP contribution in [0.1, 0.15) is 12.1 Å². The van der Waals surface area contributed by atoms with E-state index in [0.29, 0.717) is 11.7 Å². The molecule has 1 aromatic heterocycles. The standard InChI is InChI=1S/C11H14N4/c1-13-10-4-5-15(8-10)11-3-2-9(6-12)14-7-11/h2-3,7,10,13H,4-5,8H2,1H3. The Balaban J connectivity index is 2.08. The van der Waals surface area contributed by atoms with E-state index < -0.39 is 0 Å². The molecule has 0 spiro atoms. The van der Waals surface area contributed by atoms with Crippen LogP contribution in [0.5, 0.6) is 0 Å². The third-order valence-electron chi connectivity index (χ3n) is 2.82. The fourth-order valence-corrected chi connectivity index (χ4v) is 1.87. The largest absolute Gasteiger partial charge is 0.369 e. The van der Waals surface area contributed by atoms with Gasteiger partial charge in [-0.15, -0.1) is 0 Å². The fourth-order valence-electron chi connectivity index (χ4n) is 1.87. The number of likely N-dealkylation sites (N-methyl/N-ethyl adjacent to an activating group) is 1. The van der Waals surface area contributed by atoms with Gasteiger partial charge in [0.25, 0.3) is 0 Å². The van der Waals surface area contributed by atoms with Crippen LogP contribution in [0.15, 0.2) is 18.3 Å². The first-order valence-electron chi connectivity index (χ1n) is 5.12. The molecule has 1 fully saturated rings. The number of rotatable bonds is 2. The van der Waals surface area contributed by atoms with Crippen molar-refractivity contribution in [3.63, 3.8) is 0 Å². The van der Waals surface area contributed by atoms with Crippen molar-refractivity contribution in [1.29, 1.82) is 5.26 Å². The Morgan fingerprint density at radius 1 is 1.60 bits per heavy atom. The SMILES string of the molecule is CNC1CCN(c2ccc(C#N)nc2)C1. The van der Waals surface area contributed by atoms with E-state index in [1.165, 1.54) is 0 Å². The summed E-state index contributed by atoms with van der Waals surface area (Å²) < 4.78 is 0. The third-order valence-corrected chi connectivity index (χ3v) is 2.82. The van der Waals surface area contributed by atoms with Gasteiger partial charge in [0.05, 0.1) is 11.9 Å². The lowest BCUT2D eigenvalue weighted by Gasteiger charge is -2.17. The Morgan fingerprint density at radius 2 is 2.47 bits per heavy atom. The molecule has 1 aromatic rings. The van der Waals surface area contributed by atoms with Crippen LogP contribution in [0.2, 0.25) is 0 Å². The minimum Gasteiger partial charge on any atom is -0.369 e. The summed E-state index contributed by atoms with van der Waals surface area (Å²) in [6.07, 6.45) is 2.94. The quantitative estimate of drug-likeness (QED) is 0.769. The molecule has 0 aliphatic carbocycles. The molecule has 0 bridgehead atoms. The lowest BCUT2D eigenvalue weighted by molar-refractivity contribution is 0.617. The van der Waals surface area contributed by atoms with Gasteiger partial charge in [-0.3, -0.25) is 0 Å². The molecule has 1 saturated heterocycles. The molecule has 78 valence electrons. The molecule has 0 aromatic carbocycles. The maximum Gasteiger partial charge on any atom is 0.140 e. The first-order chi connectivity index (χ1) is 7.33. The second-order valence-electron chi connectivity index (χ2n) is 3.73. The Hall–Kier alpha value is -1.60. The monoisotopic (exact) mass is 202 g/mol. The molecule has 1 N–H and O–H groups in total. The molecule has 2 rings (SSSR count). The van der Waals surface area contributed by atoms with Crippen molar-refractivity contribution in [2.24, 2.45) is 0 Å². The van der Waals surface area contributed by atoms with Crippen molar-refractivity contribution >= 4 is 5.69 Å². The average Bonchev–Trinajstić information content (AvgIpc) is 2.78. The van der Waals surface area contributed by atoms with Gasteiger partial charge in [0.1, 0.15) is 11.8 Å². The van der Waals surface area contributed by atoms with Gasteiger partial charge in [-0.2, -0.15) is 5.26 Å². The van der Waals surface area contributed by atoms with E-state index in [9.17, 15) is 0 Å². The summed E-state index contributed by atoms with van der Waals surface area (Å²) in [5, 5.41) is 11.9. The molecule has 0 amide bonds. The zero-order valence-electron chi connectivity index (χ0n) is 8.77. The zero-order chi connectivity index (χ0) is 10.7. The molecule has 1 aliphatic heterocycles. The number of nitriles is 1. The number of anilines is 1. The molecular formula is C11H14N4. The van der Waals surface area contributed by atoms with E-state index in [-0.39, 0.29) is 0 Å². The van der Waals surface area contributed by atoms with E-state index in [0.717, 1.165) is 25.2 Å². The van der Waals surface area contributed by atoms with Crippen LogP contribution < -0.4 is 10.2 Å². The minimum atomic E-state index is 0.475. The molecule has 0 radical (unpaired) electrons. The van der Waals surface area contributed by atoms with Crippen LogP contribution in [0.25, 0.3) is 0 Å². The summed E-state index contributed by atoms with van der Waals surface area (Å²) in [5.41, 5.74) is 1.58. The zero-order valence-corrected chi connectivity index (χ0v) is 8.77. The summed E-state index contributed by atoms with van der Waals surface area (Å²) in [6.45, 7) is 2.07. The molecule has 0 saturated carbocycles. The maximum atomic E-state index is 8.64. The smallest absolute Gasteiger partial charge is 0.140 e. The number of nitrogens with zero attached hydrogens (tertiary/aromatic N) is 3. The lowest BCUT2D eigenvalue weighted by Crippen LogP contribution is -2.29. The van der Waals surface area contributed by atoms with Gasteiger partial charge < -0.3 is 10.2 Å². The van der Waals surface area contributed by atoms with E-state index in [1.807, 2.05) is 19.2 Å². The van der Waals surface area contributed by atoms with Crippen molar-refractivity contribution < 1.29 is 0 Å². The normalized spacial score (nSPS) is 20.3. The van der Waals surface area contributed by atoms with E-state index in [1.54, 1.807) is 12.3 Å². The highest BCUT2D eigenvalue weighted by molar-refractivity contribution is 5.47. The average molecular weight is 202 g/mol. The van der Waals surface area contributed by atoms with Crippen LogP contribution >= 0.6 is 0 Å². The van der Waals surface area contributed by atoms with Gasteiger partial charge in [-0.05, 0) is 25.6 Å². The predicted molar refractivity (Wildman–Crippen MR) is 58.6 cm³/mol. The van der Waals surface area contributed by atoms with E-state index in [2.05, 4.69) is 15.2 Å². The van der Waals surface area contributed by atoms with Gasteiger partial charge in [0, 0.05) is 19.1 Å². The van der Waals surface area contributed by atoms with Gasteiger partial charge >= 0.3 is 0 Å². The van der Waals surface area contributed by atoms with Gasteiger partial charge in [-0.1, -0.05) is 0 Å². The number of nitrogens with one attached hydrogen (secondary N) is 1. The predicted octanol–water partition coefficient (Wildman–Crippen LogP) is 0.751. The highest BCUT2D eigenvalue weighted by Gasteiger charge is 2.20. The van der Waals surface area contributed by atoms with Gasteiger partial charge in [-0.25, -0.2) is 4.98 Å². The van der Waals surface area contributed by atoms with Gasteiger partial charge in [0.15, 0.2) is 0 Å². The van der Waals surface area contributed by atoms with Crippen molar-refractivity contribution in [1.82, 2.24) is 10.3 Å². The Morgan fingerprint density at radius 3 is 3.00 bits per heavy atom. The molecule has 15 heavy (non-hydrogen) atoms. The first-order valence-corrected chi connectivity index (χ1v) is 5.12. The number of hydrogen-bond acceptors (Lipinski definition) is 4. The van der Waals surface area contributed by atoms with Crippen LogP contribution in [-0.2, 0) is 0 Å². The second-order valence-corrected chi connectivity index (χ2v) is 3.73. The van der Waals surface area contributed by atoms with Crippen LogP contribution in [0.3, 0.4) is 0 Å². The molecule has 2 heterocycles. The summed E-state index contributed by atoms with van der Waals surface area (Å²) in [7, 11) is 1.99. The molecular weight excluding hydrogens is 188 g/mol. The Labute approximate surface area is 89.5 Å². The number of aromatic nitrogens is 1. The molecule has 4 heteroatoms. The van der Waals surface area contributed by atoms with E-state index in [4.69, 9.17) is 5.26 Å². The highest BCUT2D eigenvalue weighted by Crippen LogP contribution is 2.19. The summed E-state index contributed by atoms with van der Waals surface area (Å²) in [4.78, 5) is 6.36. The summed E-state index contributed by atoms with van der Waals surface area (Å²) in [6, 6.07) is 6.32. The van der Waals surface area contributed by atoms with Crippen LogP contribution in [0, 0.1) is 11.3 Å². The van der Waals surface area contributed by atoms with Crippen molar-refractivity contribution in [3.05, 3.63) is 24.0 Å². The second kappa shape index (κ2) is 4.28. The van der Waals surface area contributed by atoms with Gasteiger partial charge in [0.2, 0.25) is 0 Å². The maximum absolute atomic E-state index is 8.64. The first kappa shape index (κ1) is 9.94. The summed E-state index contributed by atoms with van der Waals surface area (Å²) in [5.74, 6) is 0. The van der Waals surface area contributed by atoms with Crippen molar-refractivity contribution in [3.8, 4) is 6.07 Å². The van der Waals surface area contributed by atoms with Crippen LogP contribution in [-0.4, -0.2) is 31.2 Å². The molecule has 1 atom stereocenters. The molecule has 1 unspecified atom stereocenters. The third kappa shape index (κ3) is 2.08. The van der Waals surface area contributed by atoms with Crippen molar-refractivity contribution in [2.75, 3.05) is 25.0 Å². The summed E-state index contributed by atoms with van der Waals surface area (Å²) >= 11 is 0. The number of hydrogen-bond donors (Lipinski definition) is 1. The molecule has 1 aliphatic rings. The fraction of sp³-hybridized carbons (Fsp3) is 0.455. The topological polar surface area (TPSA) is 52.0 Å². The minimum absolute atomic E-state index is 0.475. The Bertz CT molecular complexity index is 365. The molecule has 4 nitrogen and oxygen atoms in total. The Kier molecular flexibility index (Phi) is 2.84. The van der Waals surface area contributed by atoms with Crippen molar-refractivity contribution in [2.45, 2.75) is 12.5 Å².